The quantitative estimate of drug-likeness (QED) is 0.380. The molecule has 2 aromatic rings. The molecule has 0 aliphatic rings. The van der Waals surface area contributed by atoms with E-state index in [0.29, 0.717) is 11.1 Å². The molecule has 0 heterocycles. The van der Waals surface area contributed by atoms with Gasteiger partial charge in [0.1, 0.15) is 0 Å². The molecule has 0 unspecified atom stereocenters. The summed E-state index contributed by atoms with van der Waals surface area (Å²) in [5, 5.41) is 0. The van der Waals surface area contributed by atoms with E-state index in [0.717, 1.165) is 43.7 Å². The summed E-state index contributed by atoms with van der Waals surface area (Å²) in [6.45, 7) is 10.3. The fourth-order valence-corrected chi connectivity index (χ4v) is 4.14. The Morgan fingerprint density at radius 2 is 1.04 bits per heavy atom. The standard InChI is InChI=1S/C20H18O4S3/c1-13(2)19(21)23-26-17-11-7-5-9-15(17)25-16-10-6-8-12-18(16)27-24-20(22)14(3)4/h5-12H,1,3H2,2,4H3. The fraction of sp³-hybridized carbons (Fsp3) is 0.100. The molecule has 0 bridgehead atoms. The van der Waals surface area contributed by atoms with Crippen LogP contribution in [0.4, 0.5) is 0 Å². The Morgan fingerprint density at radius 3 is 1.37 bits per heavy atom. The van der Waals surface area contributed by atoms with E-state index in [2.05, 4.69) is 13.2 Å². The van der Waals surface area contributed by atoms with E-state index in [1.54, 1.807) is 13.8 Å². The van der Waals surface area contributed by atoms with Crippen LogP contribution in [0.5, 0.6) is 0 Å². The number of rotatable bonds is 8. The van der Waals surface area contributed by atoms with Crippen molar-refractivity contribution in [1.82, 2.24) is 0 Å². The lowest BCUT2D eigenvalue weighted by Gasteiger charge is -2.11. The minimum Gasteiger partial charge on any atom is -0.383 e. The average Bonchev–Trinajstić information content (AvgIpc) is 2.65. The molecule has 0 saturated heterocycles. The topological polar surface area (TPSA) is 52.6 Å². The van der Waals surface area contributed by atoms with Gasteiger partial charge in [-0.1, -0.05) is 49.2 Å². The van der Waals surface area contributed by atoms with Crippen molar-refractivity contribution in [2.75, 3.05) is 0 Å². The van der Waals surface area contributed by atoms with Gasteiger partial charge in [-0.2, -0.15) is 0 Å². The van der Waals surface area contributed by atoms with Crippen LogP contribution in [0.15, 0.2) is 92.4 Å². The van der Waals surface area contributed by atoms with Gasteiger partial charge in [-0.3, -0.25) is 0 Å². The van der Waals surface area contributed by atoms with Crippen LogP contribution < -0.4 is 0 Å². The largest absolute Gasteiger partial charge is 0.383 e. The van der Waals surface area contributed by atoms with Gasteiger partial charge < -0.3 is 8.37 Å². The number of benzene rings is 2. The molecule has 0 fully saturated rings. The highest BCUT2D eigenvalue weighted by molar-refractivity contribution is 8.02. The lowest BCUT2D eigenvalue weighted by molar-refractivity contribution is -0.129. The Kier molecular flexibility index (Phi) is 8.09. The maximum absolute atomic E-state index is 11.6. The molecule has 0 atom stereocenters. The average molecular weight is 419 g/mol. The summed E-state index contributed by atoms with van der Waals surface area (Å²) < 4.78 is 10.4. The Hall–Kier alpha value is -2.09. The normalized spacial score (nSPS) is 10.1. The molecule has 2 aromatic carbocycles. The van der Waals surface area contributed by atoms with Gasteiger partial charge in [-0.25, -0.2) is 9.59 Å². The van der Waals surface area contributed by atoms with Gasteiger partial charge in [0.2, 0.25) is 0 Å². The summed E-state index contributed by atoms with van der Waals surface area (Å²) >= 11 is 3.48. The van der Waals surface area contributed by atoms with Gasteiger partial charge in [0.05, 0.1) is 33.9 Å². The maximum atomic E-state index is 11.6. The molecule has 0 aliphatic heterocycles. The Bertz CT molecular complexity index is 806. The van der Waals surface area contributed by atoms with E-state index in [1.165, 1.54) is 11.8 Å². The molecular weight excluding hydrogens is 400 g/mol. The first-order valence-electron chi connectivity index (χ1n) is 7.83. The van der Waals surface area contributed by atoms with E-state index in [-0.39, 0.29) is 0 Å². The Labute approximate surface area is 171 Å². The second-order valence-corrected chi connectivity index (χ2v) is 8.09. The molecule has 2 rings (SSSR count). The summed E-state index contributed by atoms with van der Waals surface area (Å²) in [6, 6.07) is 15.2. The summed E-state index contributed by atoms with van der Waals surface area (Å²) in [6.07, 6.45) is 0. The van der Waals surface area contributed by atoms with Crippen molar-refractivity contribution in [3.63, 3.8) is 0 Å². The van der Waals surface area contributed by atoms with Crippen LogP contribution in [0.1, 0.15) is 13.8 Å². The lowest BCUT2D eigenvalue weighted by Crippen LogP contribution is -1.99. The SMILES string of the molecule is C=C(C)C(=O)OSc1ccccc1Sc1ccccc1SOC(=O)C(=C)C. The molecule has 0 N–H and O–H groups in total. The van der Waals surface area contributed by atoms with Crippen LogP contribution in [0, 0.1) is 0 Å². The molecule has 0 radical (unpaired) electrons. The third-order valence-electron chi connectivity index (χ3n) is 3.03. The summed E-state index contributed by atoms with van der Waals surface area (Å²) in [5.74, 6) is -0.912. The summed E-state index contributed by atoms with van der Waals surface area (Å²) in [5.41, 5.74) is 0.683. The first kappa shape index (κ1) is 21.2. The number of carbonyl (C=O) groups excluding carboxylic acids is 2. The van der Waals surface area contributed by atoms with Gasteiger partial charge in [0.15, 0.2) is 0 Å². The van der Waals surface area contributed by atoms with Crippen molar-refractivity contribution < 1.29 is 18.0 Å². The van der Waals surface area contributed by atoms with E-state index in [9.17, 15) is 9.59 Å². The van der Waals surface area contributed by atoms with Crippen LogP contribution in [0.2, 0.25) is 0 Å². The van der Waals surface area contributed by atoms with Crippen LogP contribution in [0.25, 0.3) is 0 Å². The lowest BCUT2D eigenvalue weighted by atomic mass is 10.4. The highest BCUT2D eigenvalue weighted by Gasteiger charge is 2.13. The van der Waals surface area contributed by atoms with Gasteiger partial charge in [-0.05, 0) is 38.1 Å². The number of hydrogen-bond acceptors (Lipinski definition) is 7. The molecule has 7 heteroatoms. The van der Waals surface area contributed by atoms with Gasteiger partial charge >= 0.3 is 11.9 Å². The van der Waals surface area contributed by atoms with E-state index in [1.807, 2.05) is 48.5 Å². The molecule has 0 aliphatic carbocycles. The van der Waals surface area contributed by atoms with Crippen molar-refractivity contribution in [2.24, 2.45) is 0 Å². The third-order valence-corrected chi connectivity index (χ3v) is 5.98. The highest BCUT2D eigenvalue weighted by Crippen LogP contribution is 2.40. The predicted octanol–water partition coefficient (Wildman–Crippen LogP) is 6.09. The van der Waals surface area contributed by atoms with Gasteiger partial charge in [-0.15, -0.1) is 0 Å². The van der Waals surface area contributed by atoms with Crippen LogP contribution >= 0.6 is 35.8 Å². The first-order chi connectivity index (χ1) is 12.9. The number of hydrogen-bond donors (Lipinski definition) is 0. The Morgan fingerprint density at radius 1 is 0.704 bits per heavy atom. The van der Waals surface area contributed by atoms with E-state index < -0.39 is 11.9 Å². The zero-order valence-electron chi connectivity index (χ0n) is 14.9. The summed E-state index contributed by atoms with van der Waals surface area (Å²) in [4.78, 5) is 26.7. The molecule has 0 aromatic heterocycles. The second kappa shape index (κ2) is 10.3. The molecule has 0 saturated carbocycles. The van der Waals surface area contributed by atoms with Crippen molar-refractivity contribution >= 4 is 47.8 Å². The summed E-state index contributed by atoms with van der Waals surface area (Å²) in [7, 11) is 0. The molecule has 4 nitrogen and oxygen atoms in total. The fourth-order valence-electron chi connectivity index (χ4n) is 1.63. The maximum Gasteiger partial charge on any atom is 0.345 e. The van der Waals surface area contributed by atoms with Crippen molar-refractivity contribution in [1.29, 1.82) is 0 Å². The van der Waals surface area contributed by atoms with E-state index in [4.69, 9.17) is 8.37 Å². The highest BCUT2D eigenvalue weighted by atomic mass is 32.2. The monoisotopic (exact) mass is 418 g/mol. The van der Waals surface area contributed by atoms with Crippen molar-refractivity contribution in [3.8, 4) is 0 Å². The van der Waals surface area contributed by atoms with Crippen LogP contribution in [-0.4, -0.2) is 11.9 Å². The molecule has 27 heavy (non-hydrogen) atoms. The van der Waals surface area contributed by atoms with Gasteiger partial charge in [0, 0.05) is 20.9 Å². The first-order valence-corrected chi connectivity index (χ1v) is 10.1. The molecule has 0 spiro atoms. The molecule has 0 amide bonds. The van der Waals surface area contributed by atoms with Crippen LogP contribution in [0.3, 0.4) is 0 Å². The van der Waals surface area contributed by atoms with Crippen molar-refractivity contribution in [3.05, 3.63) is 72.8 Å². The Balaban J connectivity index is 2.15. The second-order valence-electron chi connectivity index (χ2n) is 5.46. The van der Waals surface area contributed by atoms with E-state index >= 15 is 0 Å². The molecular formula is C20H18O4S3. The zero-order chi connectivity index (χ0) is 19.8. The minimum atomic E-state index is -0.456. The zero-order valence-corrected chi connectivity index (χ0v) is 17.3. The van der Waals surface area contributed by atoms with Gasteiger partial charge in [0.25, 0.3) is 0 Å². The smallest absolute Gasteiger partial charge is 0.345 e. The predicted molar refractivity (Wildman–Crippen MR) is 111 cm³/mol. The van der Waals surface area contributed by atoms with Crippen LogP contribution in [-0.2, 0) is 18.0 Å². The number of carbonyl (C=O) groups is 2. The minimum absolute atomic E-state index is 0.341. The third kappa shape index (κ3) is 6.53. The molecule has 140 valence electrons. The van der Waals surface area contributed by atoms with Crippen molar-refractivity contribution in [2.45, 2.75) is 33.4 Å².